The molecule has 0 spiro atoms. The van der Waals surface area contributed by atoms with Crippen LogP contribution in [0, 0.1) is 6.42 Å². The Morgan fingerprint density at radius 3 is 1.92 bits per heavy atom. The summed E-state index contributed by atoms with van der Waals surface area (Å²) in [5.74, 6) is -0.711. The molecule has 1 saturated carbocycles. The summed E-state index contributed by atoms with van der Waals surface area (Å²) in [5, 5.41) is 7.91. The van der Waals surface area contributed by atoms with Gasteiger partial charge in [-0.2, -0.15) is 12.8 Å². The number of carboxylic acids is 1. The molecular weight excluding hydrogens is 211 g/mol. The maximum Gasteiger partial charge on any atom is 0.303 e. The van der Waals surface area contributed by atoms with Gasteiger partial charge in [0.15, 0.2) is 0 Å². The summed E-state index contributed by atoms with van der Waals surface area (Å²) in [7, 11) is 0. The Morgan fingerprint density at radius 1 is 1.31 bits per heavy atom. The molecule has 0 heterocycles. The average Bonchev–Trinajstić information content (AvgIpc) is 2.08. The van der Waals surface area contributed by atoms with Crippen LogP contribution in [0.2, 0.25) is 0 Å². The van der Waals surface area contributed by atoms with E-state index in [-0.39, 0.29) is 16.5 Å². The molecule has 0 amide bonds. The summed E-state index contributed by atoms with van der Waals surface area (Å²) in [6.45, 7) is 1.84. The second-order valence-corrected chi connectivity index (χ2v) is 3.07. The van der Waals surface area contributed by atoms with Crippen molar-refractivity contribution in [3.05, 3.63) is 6.42 Å². The van der Waals surface area contributed by atoms with E-state index >= 15 is 0 Å². The number of carbonyl (C=O) groups is 1. The van der Waals surface area contributed by atoms with Crippen LogP contribution in [0.4, 0.5) is 0 Å². The van der Waals surface area contributed by atoms with E-state index in [0.717, 1.165) is 6.42 Å². The fourth-order valence-electron chi connectivity index (χ4n) is 1.11. The third kappa shape index (κ3) is 14.8. The molecule has 82 valence electrons. The third-order valence-corrected chi connectivity index (χ3v) is 1.78. The molecule has 13 heavy (non-hydrogen) atoms. The van der Waals surface area contributed by atoms with Gasteiger partial charge in [0.2, 0.25) is 0 Å². The van der Waals surface area contributed by atoms with Crippen LogP contribution in [-0.2, 0) is 21.3 Å². The van der Waals surface area contributed by atoms with Gasteiger partial charge in [0, 0.05) is 22.9 Å². The van der Waals surface area contributed by atoms with Gasteiger partial charge >= 0.3 is 5.97 Å². The minimum atomic E-state index is -0.711. The van der Waals surface area contributed by atoms with Crippen molar-refractivity contribution in [2.75, 3.05) is 0 Å². The second-order valence-electron chi connectivity index (χ2n) is 3.07. The minimum Gasteiger partial charge on any atom is -0.481 e. The van der Waals surface area contributed by atoms with Crippen LogP contribution in [0.15, 0.2) is 0 Å². The zero-order valence-corrected chi connectivity index (χ0v) is 9.19. The Balaban J connectivity index is 0. The molecule has 0 unspecified atom stereocenters. The normalized spacial score (nSPS) is 14.8. The van der Waals surface area contributed by atoms with E-state index in [2.05, 4.69) is 6.42 Å². The van der Waals surface area contributed by atoms with Gasteiger partial charge in [0.05, 0.1) is 0 Å². The summed E-state index contributed by atoms with van der Waals surface area (Å²) in [5.41, 5.74) is 0. The molecule has 0 aromatic rings. The molecule has 0 aromatic heterocycles. The summed E-state index contributed by atoms with van der Waals surface area (Å²) in [6.07, 6.45) is 10.5. The summed E-state index contributed by atoms with van der Waals surface area (Å²) < 4.78 is 0. The number of hydrogen-bond acceptors (Lipinski definition) is 1. The summed E-state index contributed by atoms with van der Waals surface area (Å²) in [4.78, 5) is 9.60. The van der Waals surface area contributed by atoms with Crippen LogP contribution in [0.1, 0.15) is 51.9 Å². The molecule has 2 nitrogen and oxygen atoms in total. The minimum absolute atomic E-state index is 0. The van der Waals surface area contributed by atoms with Crippen LogP contribution in [0.5, 0.6) is 0 Å². The molecule has 1 fully saturated rings. The Labute approximate surface area is 91.0 Å². The Hall–Kier alpha value is -0.0365. The van der Waals surface area contributed by atoms with Crippen molar-refractivity contribution in [1.82, 2.24) is 0 Å². The Bertz CT molecular complexity index is 100.0. The smallest absolute Gasteiger partial charge is 0.303 e. The van der Waals surface area contributed by atoms with Crippen molar-refractivity contribution in [2.24, 2.45) is 0 Å². The first kappa shape index (κ1) is 15.4. The quantitative estimate of drug-likeness (QED) is 0.584. The Morgan fingerprint density at radius 2 is 1.85 bits per heavy atom. The molecule has 0 aliphatic heterocycles. The summed E-state index contributed by atoms with van der Waals surface area (Å²) in [6, 6.07) is 0. The van der Waals surface area contributed by atoms with Gasteiger partial charge in [-0.1, -0.05) is 26.2 Å². The van der Waals surface area contributed by atoms with Crippen LogP contribution < -0.4 is 0 Å². The van der Waals surface area contributed by atoms with Gasteiger partial charge in [0.25, 0.3) is 0 Å². The van der Waals surface area contributed by atoms with E-state index in [1.807, 2.05) is 6.92 Å². The molecule has 0 atom stereocenters. The zero-order valence-electron chi connectivity index (χ0n) is 8.20. The molecular formula is C10H19NiO2-. The van der Waals surface area contributed by atoms with Gasteiger partial charge in [0.1, 0.15) is 0 Å². The van der Waals surface area contributed by atoms with Crippen molar-refractivity contribution in [3.8, 4) is 0 Å². The first-order valence-corrected chi connectivity index (χ1v) is 4.80. The van der Waals surface area contributed by atoms with Crippen LogP contribution >= 0.6 is 0 Å². The van der Waals surface area contributed by atoms with E-state index in [1.165, 1.54) is 32.1 Å². The SMILES string of the molecule is CCCC(=O)O.[CH-]1CCCCC1.[Ni]. The maximum atomic E-state index is 9.60. The Kier molecular flexibility index (Phi) is 14.2. The second kappa shape index (κ2) is 12.0. The van der Waals surface area contributed by atoms with E-state index in [4.69, 9.17) is 5.11 Å². The molecule has 3 heteroatoms. The topological polar surface area (TPSA) is 37.3 Å². The predicted octanol–water partition coefficient (Wildman–Crippen LogP) is 3.02. The third-order valence-electron chi connectivity index (χ3n) is 1.78. The van der Waals surface area contributed by atoms with Crippen molar-refractivity contribution >= 4 is 5.97 Å². The maximum absolute atomic E-state index is 9.60. The molecule has 0 aromatic carbocycles. The molecule has 1 N–H and O–H groups in total. The summed E-state index contributed by atoms with van der Waals surface area (Å²) >= 11 is 0. The van der Waals surface area contributed by atoms with Crippen molar-refractivity contribution in [3.63, 3.8) is 0 Å². The largest absolute Gasteiger partial charge is 0.481 e. The zero-order chi connectivity index (χ0) is 9.23. The van der Waals surface area contributed by atoms with Crippen LogP contribution in [-0.4, -0.2) is 11.1 Å². The predicted molar refractivity (Wildman–Crippen MR) is 49.9 cm³/mol. The monoisotopic (exact) mass is 229 g/mol. The van der Waals surface area contributed by atoms with Crippen molar-refractivity contribution in [2.45, 2.75) is 51.9 Å². The van der Waals surface area contributed by atoms with Gasteiger partial charge < -0.3 is 11.5 Å². The van der Waals surface area contributed by atoms with E-state index in [0.29, 0.717) is 6.42 Å². The fraction of sp³-hybridized carbons (Fsp3) is 0.800. The van der Waals surface area contributed by atoms with Gasteiger partial charge in [-0.3, -0.25) is 4.79 Å². The van der Waals surface area contributed by atoms with Gasteiger partial charge in [-0.25, -0.2) is 0 Å². The molecule has 1 rings (SSSR count). The van der Waals surface area contributed by atoms with Gasteiger partial charge in [-0.15, -0.1) is 0 Å². The first-order chi connectivity index (χ1) is 5.77. The van der Waals surface area contributed by atoms with Crippen molar-refractivity contribution in [1.29, 1.82) is 0 Å². The molecule has 0 saturated heterocycles. The fourth-order valence-corrected chi connectivity index (χ4v) is 1.11. The molecule has 0 bridgehead atoms. The van der Waals surface area contributed by atoms with Crippen LogP contribution in [0.3, 0.4) is 0 Å². The number of hydrogen-bond donors (Lipinski definition) is 1. The molecule has 0 radical (unpaired) electrons. The van der Waals surface area contributed by atoms with E-state index in [1.54, 1.807) is 0 Å². The average molecular weight is 230 g/mol. The number of rotatable bonds is 2. The van der Waals surface area contributed by atoms with Gasteiger partial charge in [-0.05, 0) is 6.42 Å². The number of carboxylic acid groups (broad SMARTS) is 1. The standard InChI is InChI=1S/C6H11.C4H8O2.Ni/c1-2-4-6-5-3-1;1-2-3-4(5)6;/h1H,2-6H2;2-3H2,1H3,(H,5,6);/q-1;;. The first-order valence-electron chi connectivity index (χ1n) is 4.80. The van der Waals surface area contributed by atoms with Crippen LogP contribution in [0.25, 0.3) is 0 Å². The van der Waals surface area contributed by atoms with Crippen molar-refractivity contribution < 1.29 is 26.4 Å². The number of aliphatic carboxylic acids is 1. The van der Waals surface area contributed by atoms with E-state index in [9.17, 15) is 4.79 Å². The molecule has 1 aliphatic carbocycles. The molecule has 1 aliphatic rings. The van der Waals surface area contributed by atoms with E-state index < -0.39 is 5.97 Å².